The van der Waals surface area contributed by atoms with E-state index < -0.39 is 0 Å². The fourth-order valence-electron chi connectivity index (χ4n) is 2.06. The van der Waals surface area contributed by atoms with Gasteiger partial charge in [-0.1, -0.05) is 11.6 Å². The molecule has 1 saturated heterocycles. The van der Waals surface area contributed by atoms with Gasteiger partial charge in [0.05, 0.1) is 22.7 Å². The number of halogens is 1. The van der Waals surface area contributed by atoms with Crippen molar-refractivity contribution in [3.05, 3.63) is 28.8 Å². The number of ether oxygens (including phenoxy) is 1. The van der Waals surface area contributed by atoms with Gasteiger partial charge in [0.1, 0.15) is 0 Å². The predicted octanol–water partition coefficient (Wildman–Crippen LogP) is 2.93. The van der Waals surface area contributed by atoms with Crippen molar-refractivity contribution in [2.75, 3.05) is 6.61 Å². The highest BCUT2D eigenvalue weighted by atomic mass is 35.5. The molecule has 1 aliphatic rings. The number of hydrogen-bond acceptors (Lipinski definition) is 3. The minimum Gasteiger partial charge on any atom is -0.376 e. The fourth-order valence-corrected chi connectivity index (χ4v) is 2.47. The van der Waals surface area contributed by atoms with Crippen molar-refractivity contribution in [2.24, 2.45) is 0 Å². The van der Waals surface area contributed by atoms with E-state index in [0.717, 1.165) is 19.4 Å². The Morgan fingerprint density at radius 1 is 1.61 bits per heavy atom. The number of rotatable bonds is 3. The molecule has 5 heteroatoms. The van der Waals surface area contributed by atoms with Gasteiger partial charge in [-0.2, -0.15) is 0 Å². The molecular formula is C13H16ClNO2S. The van der Waals surface area contributed by atoms with Gasteiger partial charge in [0.25, 0.3) is 5.91 Å². The summed E-state index contributed by atoms with van der Waals surface area (Å²) in [6, 6.07) is 5.09. The Morgan fingerprint density at radius 3 is 3.06 bits per heavy atom. The van der Waals surface area contributed by atoms with Gasteiger partial charge in [-0.3, -0.25) is 4.79 Å². The summed E-state index contributed by atoms with van der Waals surface area (Å²) in [5.41, 5.74) is 0.453. The van der Waals surface area contributed by atoms with E-state index in [1.165, 1.54) is 0 Å². The van der Waals surface area contributed by atoms with E-state index in [1.807, 2.05) is 6.92 Å². The minimum atomic E-state index is -0.182. The molecule has 0 aromatic heterocycles. The number of benzene rings is 1. The van der Waals surface area contributed by atoms with Gasteiger partial charge in [-0.05, 0) is 38.0 Å². The van der Waals surface area contributed by atoms with Crippen LogP contribution in [0.2, 0.25) is 5.02 Å². The lowest BCUT2D eigenvalue weighted by Crippen LogP contribution is -2.40. The van der Waals surface area contributed by atoms with E-state index in [-0.39, 0.29) is 18.1 Å². The number of carbonyl (C=O) groups excluding carboxylic acids is 1. The van der Waals surface area contributed by atoms with Gasteiger partial charge < -0.3 is 10.1 Å². The Labute approximate surface area is 117 Å². The quantitative estimate of drug-likeness (QED) is 0.838. The molecule has 98 valence electrons. The van der Waals surface area contributed by atoms with Gasteiger partial charge in [-0.25, -0.2) is 0 Å². The van der Waals surface area contributed by atoms with E-state index in [0.29, 0.717) is 15.5 Å². The number of hydrogen-bond donors (Lipinski definition) is 2. The zero-order chi connectivity index (χ0) is 13.1. The van der Waals surface area contributed by atoms with Gasteiger partial charge in [0, 0.05) is 11.5 Å². The average Bonchev–Trinajstić information content (AvgIpc) is 2.85. The lowest BCUT2D eigenvalue weighted by atomic mass is 10.1. The summed E-state index contributed by atoms with van der Waals surface area (Å²) in [7, 11) is 0. The molecule has 1 amide bonds. The van der Waals surface area contributed by atoms with Gasteiger partial charge >= 0.3 is 0 Å². The third kappa shape index (κ3) is 3.19. The van der Waals surface area contributed by atoms with Gasteiger partial charge in [0.15, 0.2) is 0 Å². The van der Waals surface area contributed by atoms with E-state index >= 15 is 0 Å². The van der Waals surface area contributed by atoms with Crippen LogP contribution in [0.15, 0.2) is 23.1 Å². The lowest BCUT2D eigenvalue weighted by molar-refractivity contribution is 0.0712. The standard InChI is InChI=1S/C13H16ClNO2S/c1-8(12-3-2-6-17-12)15-13(16)10-7-9(18)4-5-11(10)14/h4-5,7-8,12,18H,2-3,6H2,1H3,(H,15,16). The first-order valence-electron chi connectivity index (χ1n) is 5.99. The summed E-state index contributed by atoms with van der Waals surface area (Å²) in [6.07, 6.45) is 2.14. The summed E-state index contributed by atoms with van der Waals surface area (Å²) in [4.78, 5) is 12.8. The van der Waals surface area contributed by atoms with Crippen molar-refractivity contribution in [2.45, 2.75) is 36.8 Å². The van der Waals surface area contributed by atoms with Crippen LogP contribution in [-0.4, -0.2) is 24.7 Å². The third-order valence-corrected chi connectivity index (χ3v) is 3.68. The Bertz CT molecular complexity index is 447. The molecule has 3 nitrogen and oxygen atoms in total. The monoisotopic (exact) mass is 285 g/mol. The summed E-state index contributed by atoms with van der Waals surface area (Å²) in [6.45, 7) is 2.73. The molecule has 1 aromatic rings. The van der Waals surface area contributed by atoms with Crippen molar-refractivity contribution < 1.29 is 9.53 Å². The topological polar surface area (TPSA) is 38.3 Å². The molecular weight excluding hydrogens is 270 g/mol. The third-order valence-electron chi connectivity index (χ3n) is 3.08. The Hall–Kier alpha value is -0.710. The van der Waals surface area contributed by atoms with Crippen LogP contribution < -0.4 is 5.32 Å². The van der Waals surface area contributed by atoms with Crippen LogP contribution in [0.25, 0.3) is 0 Å². The van der Waals surface area contributed by atoms with Crippen LogP contribution in [0.5, 0.6) is 0 Å². The Kier molecular flexibility index (Phi) is 4.54. The van der Waals surface area contributed by atoms with E-state index in [2.05, 4.69) is 17.9 Å². The van der Waals surface area contributed by atoms with E-state index in [9.17, 15) is 4.79 Å². The first-order valence-corrected chi connectivity index (χ1v) is 6.81. The van der Waals surface area contributed by atoms with Gasteiger partial charge in [-0.15, -0.1) is 12.6 Å². The molecule has 2 rings (SSSR count). The van der Waals surface area contributed by atoms with Crippen LogP contribution >= 0.6 is 24.2 Å². The summed E-state index contributed by atoms with van der Waals surface area (Å²) in [5.74, 6) is -0.182. The number of thiol groups is 1. The fraction of sp³-hybridized carbons (Fsp3) is 0.462. The second-order valence-electron chi connectivity index (χ2n) is 4.48. The molecule has 1 aromatic carbocycles. The Morgan fingerprint density at radius 2 is 2.39 bits per heavy atom. The molecule has 0 saturated carbocycles. The van der Waals surface area contributed by atoms with E-state index in [1.54, 1.807) is 18.2 Å². The molecule has 1 aliphatic heterocycles. The molecule has 0 spiro atoms. The molecule has 2 atom stereocenters. The molecule has 0 radical (unpaired) electrons. The van der Waals surface area contributed by atoms with Crippen LogP contribution in [0.3, 0.4) is 0 Å². The van der Waals surface area contributed by atoms with Crippen molar-refractivity contribution in [3.8, 4) is 0 Å². The normalized spacial score (nSPS) is 20.7. The zero-order valence-electron chi connectivity index (χ0n) is 10.1. The molecule has 1 N–H and O–H groups in total. The lowest BCUT2D eigenvalue weighted by Gasteiger charge is -2.20. The second kappa shape index (κ2) is 5.95. The molecule has 2 unspecified atom stereocenters. The van der Waals surface area contributed by atoms with Crippen molar-refractivity contribution in [1.29, 1.82) is 0 Å². The van der Waals surface area contributed by atoms with Crippen molar-refractivity contribution in [1.82, 2.24) is 5.32 Å². The highest BCUT2D eigenvalue weighted by Crippen LogP contribution is 2.21. The average molecular weight is 286 g/mol. The van der Waals surface area contributed by atoms with Crippen LogP contribution in [0.1, 0.15) is 30.1 Å². The second-order valence-corrected chi connectivity index (χ2v) is 5.40. The summed E-state index contributed by atoms with van der Waals surface area (Å²) >= 11 is 10.2. The smallest absolute Gasteiger partial charge is 0.253 e. The molecule has 18 heavy (non-hydrogen) atoms. The molecule has 1 heterocycles. The number of nitrogens with one attached hydrogen (secondary N) is 1. The van der Waals surface area contributed by atoms with Crippen LogP contribution in [0.4, 0.5) is 0 Å². The maximum absolute atomic E-state index is 12.1. The SMILES string of the molecule is CC(NC(=O)c1cc(S)ccc1Cl)C1CCCO1. The number of amides is 1. The van der Waals surface area contributed by atoms with Crippen LogP contribution in [0, 0.1) is 0 Å². The number of carbonyl (C=O) groups is 1. The molecule has 0 aliphatic carbocycles. The van der Waals surface area contributed by atoms with Gasteiger partial charge in [0.2, 0.25) is 0 Å². The predicted molar refractivity (Wildman–Crippen MR) is 74.6 cm³/mol. The first-order chi connectivity index (χ1) is 8.58. The Balaban J connectivity index is 2.04. The molecule has 1 fully saturated rings. The maximum Gasteiger partial charge on any atom is 0.253 e. The van der Waals surface area contributed by atoms with Crippen molar-refractivity contribution >= 4 is 30.1 Å². The minimum absolute atomic E-state index is 0.0142. The molecule has 0 bridgehead atoms. The van der Waals surface area contributed by atoms with Crippen LogP contribution in [-0.2, 0) is 4.74 Å². The first kappa shape index (κ1) is 13.7. The zero-order valence-corrected chi connectivity index (χ0v) is 11.8. The maximum atomic E-state index is 12.1. The summed E-state index contributed by atoms with van der Waals surface area (Å²) < 4.78 is 5.54. The van der Waals surface area contributed by atoms with Crippen molar-refractivity contribution in [3.63, 3.8) is 0 Å². The highest BCUT2D eigenvalue weighted by Gasteiger charge is 2.24. The van der Waals surface area contributed by atoms with E-state index in [4.69, 9.17) is 16.3 Å². The highest BCUT2D eigenvalue weighted by molar-refractivity contribution is 7.80. The summed E-state index contributed by atoms with van der Waals surface area (Å²) in [5, 5.41) is 3.36. The largest absolute Gasteiger partial charge is 0.376 e.